The molecule has 0 N–H and O–H groups in total. The average molecular weight is 247 g/mol. The van der Waals surface area contributed by atoms with E-state index in [1.54, 1.807) is 26.2 Å². The van der Waals surface area contributed by atoms with Crippen LogP contribution < -0.4 is 4.74 Å². The zero-order valence-electron chi connectivity index (χ0n) is 9.77. The van der Waals surface area contributed by atoms with Crippen LogP contribution in [0.1, 0.15) is 18.1 Å². The van der Waals surface area contributed by atoms with E-state index in [2.05, 4.69) is 6.07 Å². The standard InChI is InChI=1S/C13H13NO2S/c1-10(15)17-7-3-4-12-6-5-11(9-14)8-13(12)16-2/h3-6,8H,7H2,1-2H3. The van der Waals surface area contributed by atoms with E-state index in [9.17, 15) is 4.79 Å². The van der Waals surface area contributed by atoms with Crippen LogP contribution in [0.25, 0.3) is 6.08 Å². The highest BCUT2D eigenvalue weighted by Crippen LogP contribution is 2.21. The van der Waals surface area contributed by atoms with Crippen molar-refractivity contribution in [1.29, 1.82) is 5.26 Å². The van der Waals surface area contributed by atoms with Gasteiger partial charge >= 0.3 is 0 Å². The predicted octanol–water partition coefficient (Wildman–Crippen LogP) is 2.86. The summed E-state index contributed by atoms with van der Waals surface area (Å²) >= 11 is 1.25. The van der Waals surface area contributed by atoms with Crippen LogP contribution in [0.5, 0.6) is 5.75 Å². The van der Waals surface area contributed by atoms with Gasteiger partial charge in [-0.2, -0.15) is 5.26 Å². The molecule has 17 heavy (non-hydrogen) atoms. The summed E-state index contributed by atoms with van der Waals surface area (Å²) in [6, 6.07) is 7.31. The molecule has 88 valence electrons. The molecule has 0 aliphatic heterocycles. The summed E-state index contributed by atoms with van der Waals surface area (Å²) in [6.45, 7) is 1.54. The van der Waals surface area contributed by atoms with Crippen LogP contribution in [0.4, 0.5) is 0 Å². The number of methoxy groups -OCH3 is 1. The molecule has 1 aromatic carbocycles. The Labute approximate surface area is 105 Å². The molecule has 0 spiro atoms. The second-order valence-corrected chi connectivity index (χ2v) is 4.47. The van der Waals surface area contributed by atoms with E-state index < -0.39 is 0 Å². The lowest BCUT2D eigenvalue weighted by molar-refractivity contribution is -0.109. The first kappa shape index (κ1) is 13.3. The first-order valence-electron chi connectivity index (χ1n) is 5.05. The van der Waals surface area contributed by atoms with Gasteiger partial charge in [-0.1, -0.05) is 23.9 Å². The molecule has 0 radical (unpaired) electrons. The fraction of sp³-hybridized carbons (Fsp3) is 0.231. The van der Waals surface area contributed by atoms with Gasteiger partial charge in [0, 0.05) is 18.2 Å². The number of hydrogen-bond donors (Lipinski definition) is 0. The number of rotatable bonds is 4. The largest absolute Gasteiger partial charge is 0.496 e. The summed E-state index contributed by atoms with van der Waals surface area (Å²) in [5.41, 5.74) is 1.47. The van der Waals surface area contributed by atoms with Crippen LogP contribution in [0.15, 0.2) is 24.3 Å². The Balaban J connectivity index is 2.77. The molecule has 0 unspecified atom stereocenters. The van der Waals surface area contributed by atoms with Gasteiger partial charge in [0.1, 0.15) is 5.75 Å². The summed E-state index contributed by atoms with van der Waals surface area (Å²) in [4.78, 5) is 10.7. The van der Waals surface area contributed by atoms with Gasteiger partial charge in [-0.25, -0.2) is 0 Å². The van der Waals surface area contributed by atoms with E-state index in [0.717, 1.165) is 5.56 Å². The Bertz CT molecular complexity index is 475. The van der Waals surface area contributed by atoms with E-state index in [4.69, 9.17) is 10.00 Å². The Morgan fingerprint density at radius 2 is 2.35 bits per heavy atom. The van der Waals surface area contributed by atoms with Gasteiger partial charge in [0.2, 0.25) is 0 Å². The Kier molecular flexibility index (Phi) is 5.31. The van der Waals surface area contributed by atoms with Crippen molar-refractivity contribution in [2.24, 2.45) is 0 Å². The summed E-state index contributed by atoms with van der Waals surface area (Å²) in [6.07, 6.45) is 3.78. The quantitative estimate of drug-likeness (QED) is 0.821. The summed E-state index contributed by atoms with van der Waals surface area (Å²) in [5, 5.41) is 8.86. The van der Waals surface area contributed by atoms with Crippen molar-refractivity contribution < 1.29 is 9.53 Å². The zero-order valence-corrected chi connectivity index (χ0v) is 10.6. The van der Waals surface area contributed by atoms with Crippen molar-refractivity contribution in [3.63, 3.8) is 0 Å². The zero-order chi connectivity index (χ0) is 12.7. The highest BCUT2D eigenvalue weighted by atomic mass is 32.2. The van der Waals surface area contributed by atoms with Gasteiger partial charge in [0.15, 0.2) is 5.12 Å². The minimum atomic E-state index is 0.0986. The molecule has 0 aromatic heterocycles. The van der Waals surface area contributed by atoms with Crippen LogP contribution >= 0.6 is 11.8 Å². The lowest BCUT2D eigenvalue weighted by Gasteiger charge is -2.04. The summed E-state index contributed by atoms with van der Waals surface area (Å²) in [7, 11) is 1.57. The van der Waals surface area contributed by atoms with Gasteiger partial charge in [0.25, 0.3) is 0 Å². The average Bonchev–Trinajstić information content (AvgIpc) is 2.34. The molecular formula is C13H13NO2S. The van der Waals surface area contributed by atoms with Crippen LogP contribution in [-0.2, 0) is 4.79 Å². The highest BCUT2D eigenvalue weighted by molar-refractivity contribution is 8.13. The molecular weight excluding hydrogens is 234 g/mol. The number of hydrogen-bond acceptors (Lipinski definition) is 4. The van der Waals surface area contributed by atoms with Crippen molar-refractivity contribution in [3.8, 4) is 11.8 Å². The molecule has 0 aliphatic rings. The minimum absolute atomic E-state index is 0.0986. The van der Waals surface area contributed by atoms with Crippen molar-refractivity contribution in [2.75, 3.05) is 12.9 Å². The van der Waals surface area contributed by atoms with Gasteiger partial charge in [-0.05, 0) is 18.2 Å². The maximum Gasteiger partial charge on any atom is 0.186 e. The fourth-order valence-corrected chi connectivity index (χ4v) is 1.69. The molecule has 3 nitrogen and oxygen atoms in total. The number of carbonyl (C=O) groups excluding carboxylic acids is 1. The molecule has 0 fully saturated rings. The lowest BCUT2D eigenvalue weighted by atomic mass is 10.1. The third-order valence-electron chi connectivity index (χ3n) is 2.04. The van der Waals surface area contributed by atoms with Crippen LogP contribution in [0, 0.1) is 11.3 Å². The molecule has 1 aromatic rings. The minimum Gasteiger partial charge on any atom is -0.496 e. The summed E-state index contributed by atoms with van der Waals surface area (Å²) in [5.74, 6) is 1.30. The third kappa shape index (κ3) is 4.33. The molecule has 0 saturated carbocycles. The van der Waals surface area contributed by atoms with Crippen LogP contribution in [0.2, 0.25) is 0 Å². The molecule has 0 amide bonds. The molecule has 0 heterocycles. The first-order chi connectivity index (χ1) is 8.17. The van der Waals surface area contributed by atoms with Crippen molar-refractivity contribution in [3.05, 3.63) is 35.4 Å². The molecule has 4 heteroatoms. The fourth-order valence-electron chi connectivity index (χ4n) is 1.26. The monoisotopic (exact) mass is 247 g/mol. The van der Waals surface area contributed by atoms with Gasteiger partial charge in [0.05, 0.1) is 18.7 Å². The Hall–Kier alpha value is -1.73. The van der Waals surface area contributed by atoms with E-state index in [1.807, 2.05) is 18.2 Å². The second kappa shape index (κ2) is 6.77. The van der Waals surface area contributed by atoms with E-state index in [1.165, 1.54) is 11.8 Å². The third-order valence-corrected chi connectivity index (χ3v) is 2.81. The van der Waals surface area contributed by atoms with Crippen molar-refractivity contribution in [1.82, 2.24) is 0 Å². The number of thioether (sulfide) groups is 1. The van der Waals surface area contributed by atoms with Crippen molar-refractivity contribution >= 4 is 23.0 Å². The van der Waals surface area contributed by atoms with E-state index >= 15 is 0 Å². The van der Waals surface area contributed by atoms with Gasteiger partial charge < -0.3 is 4.74 Å². The normalized spacial score (nSPS) is 10.2. The highest BCUT2D eigenvalue weighted by Gasteiger charge is 2.01. The Morgan fingerprint density at radius 1 is 1.59 bits per heavy atom. The summed E-state index contributed by atoms with van der Waals surface area (Å²) < 4.78 is 5.19. The number of benzene rings is 1. The number of ether oxygens (including phenoxy) is 1. The van der Waals surface area contributed by atoms with E-state index in [-0.39, 0.29) is 5.12 Å². The molecule has 0 atom stereocenters. The molecule has 0 bridgehead atoms. The van der Waals surface area contributed by atoms with Crippen molar-refractivity contribution in [2.45, 2.75) is 6.92 Å². The molecule has 0 saturated heterocycles. The van der Waals surface area contributed by atoms with Crippen LogP contribution in [0.3, 0.4) is 0 Å². The second-order valence-electron chi connectivity index (χ2n) is 3.27. The SMILES string of the molecule is COc1cc(C#N)ccc1C=CCSC(C)=O. The molecule has 0 aliphatic carbocycles. The van der Waals surface area contributed by atoms with Crippen LogP contribution in [-0.4, -0.2) is 18.0 Å². The first-order valence-corrected chi connectivity index (χ1v) is 6.04. The Morgan fingerprint density at radius 3 is 2.94 bits per heavy atom. The van der Waals surface area contributed by atoms with E-state index in [0.29, 0.717) is 17.1 Å². The van der Waals surface area contributed by atoms with Gasteiger partial charge in [-0.15, -0.1) is 0 Å². The smallest absolute Gasteiger partial charge is 0.186 e. The number of nitrogens with zero attached hydrogens (tertiary/aromatic N) is 1. The maximum absolute atomic E-state index is 10.7. The lowest BCUT2D eigenvalue weighted by Crippen LogP contribution is -1.88. The maximum atomic E-state index is 10.7. The predicted molar refractivity (Wildman–Crippen MR) is 69.9 cm³/mol. The van der Waals surface area contributed by atoms with Gasteiger partial charge in [-0.3, -0.25) is 4.79 Å². The molecule has 1 rings (SSSR count). The number of carbonyl (C=O) groups is 1. The number of nitriles is 1. The topological polar surface area (TPSA) is 50.1 Å².